The van der Waals surface area contributed by atoms with Crippen LogP contribution >= 0.6 is 12.4 Å². The molecule has 1 aromatic heterocycles. The highest BCUT2D eigenvalue weighted by Crippen LogP contribution is 2.30. The lowest BCUT2D eigenvalue weighted by atomic mass is 10.1. The SMILES string of the molecule is COc1cc(OC)cc(N2CCC(NC(=O)c3ccn(C4CCCNC4)n3)C2)c1.Cl. The molecule has 2 saturated heterocycles. The number of nitrogens with zero attached hydrogens (tertiary/aromatic N) is 3. The van der Waals surface area contributed by atoms with Crippen molar-refractivity contribution in [3.63, 3.8) is 0 Å². The molecule has 9 heteroatoms. The first-order valence-electron chi connectivity index (χ1n) is 10.2. The maximum atomic E-state index is 12.7. The van der Waals surface area contributed by atoms with Crippen LogP contribution < -0.4 is 25.0 Å². The Labute approximate surface area is 183 Å². The first-order valence-corrected chi connectivity index (χ1v) is 10.2. The summed E-state index contributed by atoms with van der Waals surface area (Å²) in [4.78, 5) is 14.9. The zero-order chi connectivity index (χ0) is 20.2. The lowest BCUT2D eigenvalue weighted by molar-refractivity contribution is 0.0934. The van der Waals surface area contributed by atoms with Crippen molar-refractivity contribution in [2.45, 2.75) is 31.3 Å². The van der Waals surface area contributed by atoms with Crippen LogP contribution in [0, 0.1) is 0 Å². The predicted molar refractivity (Wildman–Crippen MR) is 118 cm³/mol. The molecular weight excluding hydrogens is 406 g/mol. The molecule has 2 aliphatic rings. The number of ether oxygens (including phenoxy) is 2. The van der Waals surface area contributed by atoms with E-state index in [1.807, 2.05) is 35.1 Å². The summed E-state index contributed by atoms with van der Waals surface area (Å²) in [5.74, 6) is 1.41. The number of hydrogen-bond acceptors (Lipinski definition) is 6. The Bertz CT molecular complexity index is 831. The van der Waals surface area contributed by atoms with Crippen LogP contribution in [0.15, 0.2) is 30.5 Å². The van der Waals surface area contributed by atoms with Crippen molar-refractivity contribution in [1.82, 2.24) is 20.4 Å². The van der Waals surface area contributed by atoms with Crippen molar-refractivity contribution in [2.75, 3.05) is 45.3 Å². The summed E-state index contributed by atoms with van der Waals surface area (Å²) in [5.41, 5.74) is 1.52. The number of carbonyl (C=O) groups excluding carboxylic acids is 1. The molecule has 30 heavy (non-hydrogen) atoms. The van der Waals surface area contributed by atoms with Gasteiger partial charge in [0.05, 0.1) is 20.3 Å². The largest absolute Gasteiger partial charge is 0.497 e. The minimum Gasteiger partial charge on any atom is -0.497 e. The molecule has 2 unspecified atom stereocenters. The molecule has 2 aromatic rings. The minimum absolute atomic E-state index is 0. The van der Waals surface area contributed by atoms with Crippen LogP contribution in [-0.4, -0.2) is 62.1 Å². The summed E-state index contributed by atoms with van der Waals surface area (Å²) in [6, 6.07) is 8.07. The number of benzene rings is 1. The number of anilines is 1. The third-order valence-electron chi connectivity index (χ3n) is 5.71. The molecule has 2 atom stereocenters. The minimum atomic E-state index is -0.109. The molecule has 8 nitrogen and oxygen atoms in total. The molecule has 1 aromatic carbocycles. The number of rotatable bonds is 6. The van der Waals surface area contributed by atoms with E-state index in [1.165, 1.54) is 0 Å². The van der Waals surface area contributed by atoms with Crippen LogP contribution in [0.5, 0.6) is 11.5 Å². The molecule has 0 saturated carbocycles. The summed E-state index contributed by atoms with van der Waals surface area (Å²) in [6.45, 7) is 3.57. The molecule has 1 amide bonds. The second-order valence-electron chi connectivity index (χ2n) is 7.66. The highest BCUT2D eigenvalue weighted by atomic mass is 35.5. The Morgan fingerprint density at radius 3 is 2.63 bits per heavy atom. The van der Waals surface area contributed by atoms with E-state index in [0.29, 0.717) is 11.7 Å². The number of carbonyl (C=O) groups is 1. The Balaban J connectivity index is 0.00000256. The fourth-order valence-electron chi connectivity index (χ4n) is 4.07. The average Bonchev–Trinajstić information content (AvgIpc) is 3.44. The summed E-state index contributed by atoms with van der Waals surface area (Å²) in [6.07, 6.45) is 5.03. The molecule has 164 valence electrons. The van der Waals surface area contributed by atoms with Crippen molar-refractivity contribution in [3.05, 3.63) is 36.2 Å². The molecule has 2 fully saturated rings. The molecule has 0 spiro atoms. The highest BCUT2D eigenvalue weighted by molar-refractivity contribution is 5.92. The number of nitrogens with one attached hydrogen (secondary N) is 2. The Hall–Kier alpha value is -2.45. The quantitative estimate of drug-likeness (QED) is 0.724. The van der Waals surface area contributed by atoms with Gasteiger partial charge in [-0.05, 0) is 31.9 Å². The van der Waals surface area contributed by atoms with Gasteiger partial charge in [-0.25, -0.2) is 0 Å². The maximum absolute atomic E-state index is 12.7. The summed E-state index contributed by atoms with van der Waals surface area (Å²) in [7, 11) is 3.29. The number of amides is 1. The van der Waals surface area contributed by atoms with E-state index in [4.69, 9.17) is 9.47 Å². The van der Waals surface area contributed by atoms with Gasteiger partial charge in [-0.15, -0.1) is 12.4 Å². The smallest absolute Gasteiger partial charge is 0.272 e. The van der Waals surface area contributed by atoms with E-state index in [-0.39, 0.29) is 24.4 Å². The van der Waals surface area contributed by atoms with E-state index in [0.717, 1.165) is 62.6 Å². The molecule has 4 rings (SSSR count). The zero-order valence-electron chi connectivity index (χ0n) is 17.5. The molecular formula is C21H30ClN5O3. The van der Waals surface area contributed by atoms with E-state index in [9.17, 15) is 4.79 Å². The third-order valence-corrected chi connectivity index (χ3v) is 5.71. The van der Waals surface area contributed by atoms with Gasteiger partial charge in [0.1, 0.15) is 17.2 Å². The van der Waals surface area contributed by atoms with E-state index < -0.39 is 0 Å². The summed E-state index contributed by atoms with van der Waals surface area (Å²) >= 11 is 0. The predicted octanol–water partition coefficient (Wildman–Crippen LogP) is 2.26. The first kappa shape index (κ1) is 22.2. The van der Waals surface area contributed by atoms with Gasteiger partial charge < -0.3 is 25.0 Å². The van der Waals surface area contributed by atoms with Crippen LogP contribution in [0.1, 0.15) is 35.8 Å². The van der Waals surface area contributed by atoms with Gasteiger partial charge in [0.25, 0.3) is 5.91 Å². The van der Waals surface area contributed by atoms with E-state index in [2.05, 4.69) is 20.6 Å². The highest BCUT2D eigenvalue weighted by Gasteiger charge is 2.26. The van der Waals surface area contributed by atoms with Crippen molar-refractivity contribution >= 4 is 24.0 Å². The van der Waals surface area contributed by atoms with Crippen LogP contribution in [0.3, 0.4) is 0 Å². The second-order valence-corrected chi connectivity index (χ2v) is 7.66. The molecule has 2 N–H and O–H groups in total. The Morgan fingerprint density at radius 1 is 1.20 bits per heavy atom. The summed E-state index contributed by atoms with van der Waals surface area (Å²) < 4.78 is 12.7. The summed E-state index contributed by atoms with van der Waals surface area (Å²) in [5, 5.41) is 11.0. The zero-order valence-corrected chi connectivity index (χ0v) is 18.3. The van der Waals surface area contributed by atoms with Crippen LogP contribution in [0.25, 0.3) is 0 Å². The molecule has 0 aliphatic carbocycles. The van der Waals surface area contributed by atoms with Gasteiger partial charge in [0.2, 0.25) is 0 Å². The standard InChI is InChI=1S/C21H29N5O3.ClH/c1-28-18-10-17(11-19(12-18)29-2)25-8-5-15(14-25)23-21(27)20-6-9-26(24-20)16-4-3-7-22-13-16;/h6,9-12,15-16,22H,3-5,7-8,13-14H2,1-2H3,(H,23,27);1H. The first-order chi connectivity index (χ1) is 14.2. The fourth-order valence-corrected chi connectivity index (χ4v) is 4.07. The maximum Gasteiger partial charge on any atom is 0.272 e. The molecule has 0 bridgehead atoms. The fraction of sp³-hybridized carbons (Fsp3) is 0.524. The van der Waals surface area contributed by atoms with Gasteiger partial charge in [0.15, 0.2) is 0 Å². The lowest BCUT2D eigenvalue weighted by Gasteiger charge is -2.23. The molecule has 3 heterocycles. The van der Waals surface area contributed by atoms with Crippen molar-refractivity contribution in [3.8, 4) is 11.5 Å². The van der Waals surface area contributed by atoms with Gasteiger partial charge >= 0.3 is 0 Å². The Morgan fingerprint density at radius 2 is 1.97 bits per heavy atom. The monoisotopic (exact) mass is 435 g/mol. The number of aromatic nitrogens is 2. The normalized spacial score (nSPS) is 21.1. The van der Waals surface area contributed by atoms with Crippen molar-refractivity contribution < 1.29 is 14.3 Å². The number of hydrogen-bond donors (Lipinski definition) is 2. The molecule has 2 aliphatic heterocycles. The van der Waals surface area contributed by atoms with Crippen molar-refractivity contribution in [1.29, 1.82) is 0 Å². The van der Waals surface area contributed by atoms with Gasteiger partial charge in [-0.3, -0.25) is 9.48 Å². The number of methoxy groups -OCH3 is 2. The van der Waals surface area contributed by atoms with Crippen molar-refractivity contribution in [2.24, 2.45) is 0 Å². The van der Waals surface area contributed by atoms with Crippen LogP contribution in [0.4, 0.5) is 5.69 Å². The van der Waals surface area contributed by atoms with Crippen LogP contribution in [-0.2, 0) is 0 Å². The number of piperidine rings is 1. The number of halogens is 1. The Kier molecular flexibility index (Phi) is 7.44. The van der Waals surface area contributed by atoms with Gasteiger partial charge in [-0.2, -0.15) is 5.10 Å². The van der Waals surface area contributed by atoms with E-state index in [1.54, 1.807) is 14.2 Å². The van der Waals surface area contributed by atoms with Gasteiger partial charge in [-0.1, -0.05) is 0 Å². The average molecular weight is 436 g/mol. The third kappa shape index (κ3) is 4.99. The topological polar surface area (TPSA) is 80.7 Å². The van der Waals surface area contributed by atoms with Gasteiger partial charge in [0, 0.05) is 55.8 Å². The van der Waals surface area contributed by atoms with Crippen LogP contribution in [0.2, 0.25) is 0 Å². The lowest BCUT2D eigenvalue weighted by Crippen LogP contribution is -2.37. The van der Waals surface area contributed by atoms with E-state index >= 15 is 0 Å². The molecule has 0 radical (unpaired) electrons. The second kappa shape index (κ2) is 10.0.